The summed E-state index contributed by atoms with van der Waals surface area (Å²) in [5.74, 6) is 0.116. The summed E-state index contributed by atoms with van der Waals surface area (Å²) in [5.41, 5.74) is -0.243. The quantitative estimate of drug-likeness (QED) is 0.761. The Morgan fingerprint density at radius 1 is 1.24 bits per heavy atom. The van der Waals surface area contributed by atoms with Gasteiger partial charge in [0, 0.05) is 38.3 Å². The molecular formula is C15H18N2O4. The number of piperidine rings is 1. The molecule has 0 N–H and O–H groups in total. The van der Waals surface area contributed by atoms with E-state index in [4.69, 9.17) is 4.42 Å². The molecule has 6 nitrogen and oxygen atoms in total. The Kier molecular flexibility index (Phi) is 3.31. The molecule has 3 fully saturated rings. The summed E-state index contributed by atoms with van der Waals surface area (Å²) in [4.78, 5) is 39.6. The van der Waals surface area contributed by atoms with Crippen LogP contribution in [0.2, 0.25) is 0 Å². The maximum atomic E-state index is 12.6. The highest BCUT2D eigenvalue weighted by Crippen LogP contribution is 2.28. The Hall–Kier alpha value is -2.11. The number of hydrogen-bond acceptors (Lipinski definition) is 4. The van der Waals surface area contributed by atoms with E-state index in [1.807, 2.05) is 0 Å². The van der Waals surface area contributed by atoms with Crippen molar-refractivity contribution >= 4 is 11.8 Å². The molecule has 2 amide bonds. The van der Waals surface area contributed by atoms with E-state index in [0.717, 1.165) is 12.8 Å². The third kappa shape index (κ3) is 2.46. The Morgan fingerprint density at radius 2 is 2.00 bits per heavy atom. The predicted octanol–water partition coefficient (Wildman–Crippen LogP) is 0.641. The van der Waals surface area contributed by atoms with Gasteiger partial charge in [0.15, 0.2) is 11.2 Å². The van der Waals surface area contributed by atoms with E-state index in [0.29, 0.717) is 18.8 Å². The molecule has 0 aliphatic carbocycles. The van der Waals surface area contributed by atoms with E-state index >= 15 is 0 Å². The molecule has 112 valence electrons. The minimum Gasteiger partial charge on any atom is -0.456 e. The van der Waals surface area contributed by atoms with Gasteiger partial charge < -0.3 is 14.2 Å². The number of hydrogen-bond donors (Lipinski definition) is 0. The van der Waals surface area contributed by atoms with Crippen LogP contribution in [0.1, 0.15) is 29.2 Å². The summed E-state index contributed by atoms with van der Waals surface area (Å²) in [7, 11) is 1.79. The Labute approximate surface area is 122 Å². The molecule has 2 atom stereocenters. The normalized spacial score (nSPS) is 25.1. The van der Waals surface area contributed by atoms with E-state index in [9.17, 15) is 14.4 Å². The number of likely N-dealkylation sites (N-methyl/N-ethyl adjacent to an activating group) is 1. The van der Waals surface area contributed by atoms with Gasteiger partial charge in [0.2, 0.25) is 5.91 Å². The molecule has 0 spiro atoms. The molecule has 6 heteroatoms. The molecule has 0 radical (unpaired) electrons. The molecule has 0 aromatic carbocycles. The lowest BCUT2D eigenvalue weighted by Crippen LogP contribution is -2.45. The van der Waals surface area contributed by atoms with Crippen molar-refractivity contribution in [1.82, 2.24) is 9.80 Å². The van der Waals surface area contributed by atoms with Crippen LogP contribution in [0.5, 0.6) is 0 Å². The smallest absolute Gasteiger partial charge is 0.289 e. The first-order valence-electron chi connectivity index (χ1n) is 7.13. The summed E-state index contributed by atoms with van der Waals surface area (Å²) >= 11 is 0. The van der Waals surface area contributed by atoms with Gasteiger partial charge in [0.25, 0.3) is 5.91 Å². The molecule has 2 bridgehead atoms. The minimum absolute atomic E-state index is 0.0522. The molecule has 4 rings (SSSR count). The summed E-state index contributed by atoms with van der Waals surface area (Å²) in [6, 6.07) is 2.62. The Morgan fingerprint density at radius 3 is 2.71 bits per heavy atom. The van der Waals surface area contributed by atoms with Crippen LogP contribution in [0.25, 0.3) is 0 Å². The van der Waals surface area contributed by atoms with Gasteiger partial charge in [-0.15, -0.1) is 0 Å². The number of rotatable bonds is 1. The van der Waals surface area contributed by atoms with E-state index < -0.39 is 0 Å². The summed E-state index contributed by atoms with van der Waals surface area (Å²) in [6.07, 6.45) is 1.73. The van der Waals surface area contributed by atoms with Crippen molar-refractivity contribution in [2.75, 3.05) is 20.1 Å². The van der Waals surface area contributed by atoms with Crippen LogP contribution in [0, 0.1) is 12.8 Å². The predicted molar refractivity (Wildman–Crippen MR) is 74.9 cm³/mol. The standard InChI is InChI=1S/C15H18N2O4/c1-9-5-12(18)6-13(21-9)15(20)17-7-10-3-4-11(8-17)16(2)14(10)19/h5-6,10-11H,3-4,7-8H2,1-2H3. The van der Waals surface area contributed by atoms with Gasteiger partial charge in [-0.25, -0.2) is 0 Å². The average Bonchev–Trinajstić information content (AvgIpc) is 2.71. The van der Waals surface area contributed by atoms with Crippen molar-refractivity contribution in [1.29, 1.82) is 0 Å². The van der Waals surface area contributed by atoms with Crippen LogP contribution in [0.4, 0.5) is 0 Å². The lowest BCUT2D eigenvalue weighted by atomic mass is 9.95. The molecule has 2 unspecified atom stereocenters. The van der Waals surface area contributed by atoms with Gasteiger partial charge in [-0.2, -0.15) is 0 Å². The summed E-state index contributed by atoms with van der Waals surface area (Å²) in [5, 5.41) is 0. The number of carbonyl (C=O) groups excluding carboxylic acids is 2. The molecule has 3 saturated heterocycles. The van der Waals surface area contributed by atoms with Gasteiger partial charge in [-0.05, 0) is 19.8 Å². The van der Waals surface area contributed by atoms with Gasteiger partial charge in [0.1, 0.15) is 5.76 Å². The molecule has 21 heavy (non-hydrogen) atoms. The number of amides is 2. The van der Waals surface area contributed by atoms with Gasteiger partial charge in [0.05, 0.1) is 5.92 Å². The van der Waals surface area contributed by atoms with Crippen molar-refractivity contribution < 1.29 is 14.0 Å². The maximum absolute atomic E-state index is 12.6. The molecule has 3 aliphatic heterocycles. The fraction of sp³-hybridized carbons (Fsp3) is 0.533. The maximum Gasteiger partial charge on any atom is 0.289 e. The van der Waals surface area contributed by atoms with Crippen molar-refractivity contribution in [3.8, 4) is 0 Å². The van der Waals surface area contributed by atoms with E-state index in [-0.39, 0.29) is 35.0 Å². The second kappa shape index (κ2) is 5.02. The Bertz CT molecular complexity index is 651. The first-order chi connectivity index (χ1) is 9.95. The summed E-state index contributed by atoms with van der Waals surface area (Å²) in [6.45, 7) is 2.53. The van der Waals surface area contributed by atoms with Crippen molar-refractivity contribution in [2.24, 2.45) is 5.92 Å². The highest BCUT2D eigenvalue weighted by atomic mass is 16.3. The SMILES string of the molecule is Cc1cc(=O)cc(C(=O)N2CC3CCC(C2)N(C)C3=O)o1. The molecule has 4 heterocycles. The topological polar surface area (TPSA) is 70.8 Å². The van der Waals surface area contributed by atoms with Crippen molar-refractivity contribution in [2.45, 2.75) is 25.8 Å². The second-order valence-corrected chi connectivity index (χ2v) is 5.86. The Balaban J connectivity index is 1.89. The van der Waals surface area contributed by atoms with E-state index in [2.05, 4.69) is 0 Å². The second-order valence-electron chi connectivity index (χ2n) is 5.86. The van der Waals surface area contributed by atoms with Gasteiger partial charge in [-0.3, -0.25) is 14.4 Å². The first-order valence-corrected chi connectivity index (χ1v) is 7.13. The number of carbonyl (C=O) groups is 2. The first kappa shape index (κ1) is 13.9. The van der Waals surface area contributed by atoms with Crippen LogP contribution in [-0.4, -0.2) is 47.8 Å². The average molecular weight is 290 g/mol. The molecule has 1 aromatic rings. The largest absolute Gasteiger partial charge is 0.456 e. The summed E-state index contributed by atoms with van der Waals surface area (Å²) < 4.78 is 5.37. The van der Waals surface area contributed by atoms with Crippen molar-refractivity contribution in [3.63, 3.8) is 0 Å². The number of nitrogens with zero attached hydrogens (tertiary/aromatic N) is 2. The van der Waals surface area contributed by atoms with Gasteiger partial charge in [-0.1, -0.05) is 0 Å². The minimum atomic E-state index is -0.309. The zero-order valence-corrected chi connectivity index (χ0v) is 12.2. The highest BCUT2D eigenvalue weighted by molar-refractivity contribution is 5.92. The lowest BCUT2D eigenvalue weighted by molar-refractivity contribution is -0.138. The third-order valence-electron chi connectivity index (χ3n) is 4.35. The fourth-order valence-electron chi connectivity index (χ4n) is 3.19. The van der Waals surface area contributed by atoms with E-state index in [1.54, 1.807) is 23.8 Å². The van der Waals surface area contributed by atoms with E-state index in [1.165, 1.54) is 12.1 Å². The van der Waals surface area contributed by atoms with Crippen LogP contribution < -0.4 is 5.43 Å². The molecule has 3 aliphatic rings. The van der Waals surface area contributed by atoms with Crippen LogP contribution in [0.3, 0.4) is 0 Å². The van der Waals surface area contributed by atoms with Gasteiger partial charge >= 0.3 is 0 Å². The lowest BCUT2D eigenvalue weighted by Gasteiger charge is -2.32. The highest BCUT2D eigenvalue weighted by Gasteiger charge is 2.40. The van der Waals surface area contributed by atoms with Crippen LogP contribution in [-0.2, 0) is 4.79 Å². The zero-order valence-electron chi connectivity index (χ0n) is 12.2. The fourth-order valence-corrected chi connectivity index (χ4v) is 3.19. The van der Waals surface area contributed by atoms with Crippen LogP contribution in [0.15, 0.2) is 21.3 Å². The molecule has 0 saturated carbocycles. The number of fused-ring (bicyclic) bond motifs is 4. The zero-order chi connectivity index (χ0) is 15.1. The molecular weight excluding hydrogens is 272 g/mol. The number of aryl methyl sites for hydroxylation is 1. The third-order valence-corrected chi connectivity index (χ3v) is 4.35. The monoisotopic (exact) mass is 290 g/mol. The van der Waals surface area contributed by atoms with Crippen molar-refractivity contribution in [3.05, 3.63) is 33.9 Å². The van der Waals surface area contributed by atoms with Crippen LogP contribution >= 0.6 is 0 Å². The molecule has 1 aromatic heterocycles.